The van der Waals surface area contributed by atoms with Crippen molar-refractivity contribution >= 4 is 35.6 Å². The van der Waals surface area contributed by atoms with Crippen molar-refractivity contribution in [3.63, 3.8) is 0 Å². The van der Waals surface area contributed by atoms with Gasteiger partial charge in [-0.15, -0.1) is 0 Å². The number of carboxylic acid groups (broad SMARTS) is 1. The number of primary amides is 1. The van der Waals surface area contributed by atoms with Crippen molar-refractivity contribution in [2.75, 3.05) is 6.54 Å². The van der Waals surface area contributed by atoms with Crippen LogP contribution in [0.4, 0.5) is 0 Å². The second kappa shape index (κ2) is 16.3. The summed E-state index contributed by atoms with van der Waals surface area (Å²) in [6, 6.07) is -4.56. The van der Waals surface area contributed by atoms with Crippen molar-refractivity contribution in [1.82, 2.24) is 16.0 Å². The quantitative estimate of drug-likeness (QED) is 0.0598. The first-order chi connectivity index (χ1) is 16.7. The maximum Gasteiger partial charge on any atom is 0.326 e. The summed E-state index contributed by atoms with van der Waals surface area (Å²) >= 11 is 0. The number of hydrogen-bond donors (Lipinski definition) is 8. The van der Waals surface area contributed by atoms with E-state index < -0.39 is 60.2 Å². The number of carbonyl (C=O) groups excluding carboxylic acids is 4. The van der Waals surface area contributed by atoms with Gasteiger partial charge in [0.05, 0.1) is 12.5 Å². The highest BCUT2D eigenvalue weighted by Crippen LogP contribution is 2.13. The first-order valence-corrected chi connectivity index (χ1v) is 12.0. The second-order valence-corrected chi connectivity index (χ2v) is 8.87. The number of carboxylic acids is 1. The van der Waals surface area contributed by atoms with E-state index in [0.717, 1.165) is 0 Å². The van der Waals surface area contributed by atoms with E-state index in [9.17, 15) is 29.1 Å². The Labute approximate surface area is 211 Å². The lowest BCUT2D eigenvalue weighted by atomic mass is 9.94. The Morgan fingerprint density at radius 2 is 1.31 bits per heavy atom. The molecule has 0 fully saturated rings. The number of hydrogen-bond acceptors (Lipinski definition) is 7. The lowest BCUT2D eigenvalue weighted by molar-refractivity contribution is -0.143. The van der Waals surface area contributed by atoms with E-state index in [1.165, 1.54) is 0 Å². The Bertz CT molecular complexity index is 801. The first kappa shape index (κ1) is 32.6. The summed E-state index contributed by atoms with van der Waals surface area (Å²) in [6.45, 7) is 7.30. The van der Waals surface area contributed by atoms with Crippen molar-refractivity contribution in [3.8, 4) is 0 Å². The van der Waals surface area contributed by atoms with Crippen LogP contribution in [0.2, 0.25) is 0 Å². The maximum atomic E-state index is 13.2. The van der Waals surface area contributed by atoms with Gasteiger partial charge in [-0.05, 0) is 24.7 Å². The molecule has 0 heterocycles. The summed E-state index contributed by atoms with van der Waals surface area (Å²) < 4.78 is 0. The van der Waals surface area contributed by atoms with E-state index in [1.54, 1.807) is 13.8 Å². The summed E-state index contributed by atoms with van der Waals surface area (Å²) in [4.78, 5) is 65.1. The Kier molecular flexibility index (Phi) is 14.7. The summed E-state index contributed by atoms with van der Waals surface area (Å²) in [5.74, 6) is -4.85. The highest BCUT2D eigenvalue weighted by molar-refractivity contribution is 5.95. The molecule has 0 spiro atoms. The van der Waals surface area contributed by atoms with Gasteiger partial charge in [-0.25, -0.2) is 4.79 Å². The van der Waals surface area contributed by atoms with E-state index in [1.807, 2.05) is 13.8 Å². The van der Waals surface area contributed by atoms with Gasteiger partial charge >= 0.3 is 5.97 Å². The molecule has 12 N–H and O–H groups in total. The zero-order chi connectivity index (χ0) is 28.0. The normalized spacial score (nSPS) is 15.8. The van der Waals surface area contributed by atoms with Crippen LogP contribution >= 0.6 is 0 Å². The van der Waals surface area contributed by atoms with Crippen LogP contribution in [0.3, 0.4) is 0 Å². The predicted octanol–water partition coefficient (Wildman–Crippen LogP) is -2.13. The molecule has 0 saturated carbocycles. The third-order valence-electron chi connectivity index (χ3n) is 5.90. The van der Waals surface area contributed by atoms with Gasteiger partial charge in [0, 0.05) is 6.54 Å². The molecular formula is C22H42N8O6. The van der Waals surface area contributed by atoms with Crippen molar-refractivity contribution < 1.29 is 29.1 Å². The monoisotopic (exact) mass is 514 g/mol. The highest BCUT2D eigenvalue weighted by Gasteiger charge is 2.34. The minimum atomic E-state index is -1.24. The molecule has 0 aliphatic heterocycles. The molecule has 0 aliphatic rings. The number of amides is 4. The average Bonchev–Trinajstić information content (AvgIpc) is 2.80. The van der Waals surface area contributed by atoms with E-state index in [-0.39, 0.29) is 30.8 Å². The van der Waals surface area contributed by atoms with Crippen LogP contribution in [0.15, 0.2) is 4.99 Å². The number of nitrogens with one attached hydrogen (secondary N) is 3. The van der Waals surface area contributed by atoms with Crippen LogP contribution in [-0.4, -0.2) is 71.4 Å². The average molecular weight is 515 g/mol. The molecule has 0 saturated heterocycles. The Morgan fingerprint density at radius 3 is 1.72 bits per heavy atom. The minimum Gasteiger partial charge on any atom is -0.480 e. The first-order valence-electron chi connectivity index (χ1n) is 12.0. The van der Waals surface area contributed by atoms with Crippen molar-refractivity contribution in [1.29, 1.82) is 0 Å². The molecule has 0 rings (SSSR count). The Hall–Kier alpha value is -3.42. The fourth-order valence-electron chi connectivity index (χ4n) is 3.24. The van der Waals surface area contributed by atoms with Crippen molar-refractivity contribution in [2.24, 2.45) is 39.8 Å². The number of nitrogens with zero attached hydrogens (tertiary/aromatic N) is 1. The summed E-state index contributed by atoms with van der Waals surface area (Å²) in [6.07, 6.45) is 1.01. The van der Waals surface area contributed by atoms with Crippen LogP contribution in [0.1, 0.15) is 59.8 Å². The minimum absolute atomic E-state index is 0.0718. The van der Waals surface area contributed by atoms with Gasteiger partial charge in [0.1, 0.15) is 18.1 Å². The van der Waals surface area contributed by atoms with Gasteiger partial charge in [0.25, 0.3) is 0 Å². The molecule has 0 aromatic carbocycles. The maximum absolute atomic E-state index is 13.2. The topological polar surface area (TPSA) is 258 Å². The summed E-state index contributed by atoms with van der Waals surface area (Å²) in [5, 5.41) is 17.2. The molecule has 0 radical (unpaired) electrons. The SMILES string of the molecule is CCC(C)C(NC(=O)C(N)CC(N)=O)C(=O)NC(C(=O)NC(CCCN=C(N)N)C(=O)O)C(C)CC. The van der Waals surface area contributed by atoms with Gasteiger partial charge < -0.3 is 44.0 Å². The lowest BCUT2D eigenvalue weighted by Crippen LogP contribution is -2.60. The Morgan fingerprint density at radius 1 is 0.833 bits per heavy atom. The lowest BCUT2D eigenvalue weighted by Gasteiger charge is -2.30. The van der Waals surface area contributed by atoms with E-state index in [2.05, 4.69) is 20.9 Å². The molecule has 0 aliphatic carbocycles. The third-order valence-corrected chi connectivity index (χ3v) is 5.90. The van der Waals surface area contributed by atoms with Crippen molar-refractivity contribution in [3.05, 3.63) is 0 Å². The summed E-state index contributed by atoms with van der Waals surface area (Å²) in [7, 11) is 0. The number of carbonyl (C=O) groups is 5. The van der Waals surface area contributed by atoms with Gasteiger partial charge in [0.2, 0.25) is 23.6 Å². The number of guanidine groups is 1. The van der Waals surface area contributed by atoms with Crippen LogP contribution in [0.5, 0.6) is 0 Å². The third kappa shape index (κ3) is 11.8. The number of aliphatic imine (C=N–C) groups is 1. The molecule has 6 atom stereocenters. The molecule has 14 nitrogen and oxygen atoms in total. The van der Waals surface area contributed by atoms with Gasteiger partial charge in [-0.2, -0.15) is 0 Å². The molecule has 4 amide bonds. The summed E-state index contributed by atoms with van der Waals surface area (Å²) in [5.41, 5.74) is 21.3. The highest BCUT2D eigenvalue weighted by atomic mass is 16.4. The zero-order valence-corrected chi connectivity index (χ0v) is 21.5. The molecule has 6 unspecified atom stereocenters. The molecular weight excluding hydrogens is 472 g/mol. The van der Waals surface area contributed by atoms with Crippen LogP contribution in [-0.2, 0) is 24.0 Å². The fraction of sp³-hybridized carbons (Fsp3) is 0.727. The molecule has 0 aromatic heterocycles. The predicted molar refractivity (Wildman–Crippen MR) is 134 cm³/mol. The molecule has 206 valence electrons. The van der Waals surface area contributed by atoms with Crippen molar-refractivity contribution in [2.45, 2.75) is 84.0 Å². The fourth-order valence-corrected chi connectivity index (χ4v) is 3.24. The smallest absolute Gasteiger partial charge is 0.326 e. The second-order valence-electron chi connectivity index (χ2n) is 8.87. The molecule has 14 heteroatoms. The number of nitrogens with two attached hydrogens (primary N) is 4. The van der Waals surface area contributed by atoms with E-state index in [4.69, 9.17) is 22.9 Å². The van der Waals surface area contributed by atoms with Gasteiger partial charge in [-0.1, -0.05) is 40.5 Å². The Balaban J connectivity index is 5.57. The van der Waals surface area contributed by atoms with Gasteiger partial charge in [0.15, 0.2) is 5.96 Å². The van der Waals surface area contributed by atoms with E-state index >= 15 is 0 Å². The zero-order valence-electron chi connectivity index (χ0n) is 21.5. The largest absolute Gasteiger partial charge is 0.480 e. The van der Waals surface area contributed by atoms with Gasteiger partial charge in [-0.3, -0.25) is 24.2 Å². The number of rotatable bonds is 17. The molecule has 0 aromatic rings. The van der Waals surface area contributed by atoms with Crippen LogP contribution in [0.25, 0.3) is 0 Å². The molecule has 0 bridgehead atoms. The standard InChI is InChI=1S/C22H42N8O6/c1-5-11(3)16(19(33)28-14(21(35)36)8-7-9-27-22(25)26)30-20(34)17(12(4)6-2)29-18(32)13(23)10-15(24)31/h11-14,16-17H,5-10,23H2,1-4H3,(H2,24,31)(H,28,33)(H,29,32)(H,30,34)(H,35,36)(H4,25,26,27). The molecule has 36 heavy (non-hydrogen) atoms. The van der Waals surface area contributed by atoms with Crippen LogP contribution in [0, 0.1) is 11.8 Å². The van der Waals surface area contributed by atoms with Crippen LogP contribution < -0.4 is 38.9 Å². The number of aliphatic carboxylic acids is 1. The van der Waals surface area contributed by atoms with E-state index in [0.29, 0.717) is 19.3 Å².